The van der Waals surface area contributed by atoms with E-state index in [1.165, 1.54) is 19.2 Å². The van der Waals surface area contributed by atoms with Crippen LogP contribution in [-0.2, 0) is 20.9 Å². The fourth-order valence-electron chi connectivity index (χ4n) is 1.87. The number of carbonyl (C=O) groups excluding carboxylic acids is 2. The molecule has 1 amide bonds. The summed E-state index contributed by atoms with van der Waals surface area (Å²) in [5.41, 5.74) is 1.75. The first-order valence-corrected chi connectivity index (χ1v) is 6.93. The Balaban J connectivity index is 1.88. The van der Waals surface area contributed by atoms with Crippen LogP contribution >= 0.6 is 0 Å². The largest absolute Gasteiger partial charge is 0.467 e. The number of hydrogen-bond donors (Lipinski definition) is 2. The molecular formula is C17H17NO5. The lowest BCUT2D eigenvalue weighted by molar-refractivity contribution is -0.150. The maximum absolute atomic E-state index is 11.7. The summed E-state index contributed by atoms with van der Waals surface area (Å²) in [6, 6.07) is 15.5. The Morgan fingerprint density at radius 1 is 1.09 bits per heavy atom. The van der Waals surface area contributed by atoms with E-state index in [4.69, 9.17) is 4.74 Å². The number of amides is 1. The van der Waals surface area contributed by atoms with Gasteiger partial charge in [0.05, 0.1) is 7.11 Å². The Hall–Kier alpha value is -2.86. The first-order valence-electron chi connectivity index (χ1n) is 6.93. The second-order valence-corrected chi connectivity index (χ2v) is 4.73. The molecule has 2 rings (SSSR count). The summed E-state index contributed by atoms with van der Waals surface area (Å²) in [4.78, 5) is 22.9. The molecule has 2 aromatic rings. The molecule has 0 fully saturated rings. The fourth-order valence-corrected chi connectivity index (χ4v) is 1.87. The van der Waals surface area contributed by atoms with Crippen LogP contribution in [0.2, 0.25) is 0 Å². The number of aliphatic hydroxyl groups excluding tert-OH is 1. The Labute approximate surface area is 133 Å². The molecule has 0 aliphatic carbocycles. The number of esters is 1. The number of aliphatic hydroxyl groups is 1. The molecule has 0 aliphatic heterocycles. The van der Waals surface area contributed by atoms with Crippen LogP contribution in [0.1, 0.15) is 17.2 Å². The molecule has 23 heavy (non-hydrogen) atoms. The van der Waals surface area contributed by atoms with Crippen molar-refractivity contribution in [3.8, 4) is 0 Å². The second kappa shape index (κ2) is 7.95. The van der Waals surface area contributed by atoms with Gasteiger partial charge in [0.1, 0.15) is 6.61 Å². The predicted octanol–water partition coefficient (Wildman–Crippen LogP) is 2.64. The molecular weight excluding hydrogens is 298 g/mol. The predicted molar refractivity (Wildman–Crippen MR) is 83.7 cm³/mol. The zero-order valence-corrected chi connectivity index (χ0v) is 12.6. The molecule has 6 heteroatoms. The molecule has 1 atom stereocenters. The molecule has 120 valence electrons. The number of methoxy groups -OCH3 is 1. The van der Waals surface area contributed by atoms with Gasteiger partial charge in [0, 0.05) is 5.69 Å². The quantitative estimate of drug-likeness (QED) is 0.829. The molecule has 0 radical (unpaired) electrons. The van der Waals surface area contributed by atoms with Crippen molar-refractivity contribution in [2.45, 2.75) is 12.7 Å². The van der Waals surface area contributed by atoms with Gasteiger partial charge in [0.15, 0.2) is 6.10 Å². The highest BCUT2D eigenvalue weighted by molar-refractivity contribution is 5.84. The molecule has 2 aromatic carbocycles. The molecule has 0 bridgehead atoms. The number of ether oxygens (including phenoxy) is 2. The van der Waals surface area contributed by atoms with Gasteiger partial charge in [-0.15, -0.1) is 0 Å². The van der Waals surface area contributed by atoms with Crippen molar-refractivity contribution >= 4 is 17.7 Å². The molecule has 0 aliphatic rings. The fraction of sp³-hybridized carbons (Fsp3) is 0.176. The number of benzene rings is 2. The highest BCUT2D eigenvalue weighted by Gasteiger charge is 2.17. The van der Waals surface area contributed by atoms with Gasteiger partial charge in [-0.3, -0.25) is 5.32 Å². The number of hydrogen-bond acceptors (Lipinski definition) is 5. The molecule has 0 saturated heterocycles. The standard InChI is InChI=1S/C17H17NO5/c1-22-16(20)15(19)13-7-9-14(10-8-13)18-17(21)23-11-12-5-3-2-4-6-12/h2-10,15,19H,11H2,1H3,(H,18,21). The molecule has 0 aromatic heterocycles. The van der Waals surface area contributed by atoms with Crippen molar-refractivity contribution in [3.05, 3.63) is 65.7 Å². The summed E-state index contributed by atoms with van der Waals surface area (Å²) in [6.07, 6.45) is -1.94. The van der Waals surface area contributed by atoms with E-state index in [0.717, 1.165) is 5.56 Å². The first kappa shape index (κ1) is 16.5. The van der Waals surface area contributed by atoms with Crippen molar-refractivity contribution < 1.29 is 24.2 Å². The van der Waals surface area contributed by atoms with Crippen LogP contribution in [0.15, 0.2) is 54.6 Å². The van der Waals surface area contributed by atoms with E-state index in [-0.39, 0.29) is 6.61 Å². The first-order chi connectivity index (χ1) is 11.1. The van der Waals surface area contributed by atoms with Crippen molar-refractivity contribution in [1.82, 2.24) is 0 Å². The summed E-state index contributed by atoms with van der Waals surface area (Å²) in [7, 11) is 1.20. The summed E-state index contributed by atoms with van der Waals surface area (Å²) in [5, 5.41) is 12.2. The van der Waals surface area contributed by atoms with Crippen molar-refractivity contribution in [3.63, 3.8) is 0 Å². The lowest BCUT2D eigenvalue weighted by Gasteiger charge is -2.10. The normalized spacial score (nSPS) is 11.4. The highest BCUT2D eigenvalue weighted by atomic mass is 16.5. The molecule has 0 spiro atoms. The number of carbonyl (C=O) groups is 2. The number of anilines is 1. The van der Waals surface area contributed by atoms with Gasteiger partial charge >= 0.3 is 12.1 Å². The average Bonchev–Trinajstić information content (AvgIpc) is 2.60. The van der Waals surface area contributed by atoms with E-state index in [9.17, 15) is 14.7 Å². The topological polar surface area (TPSA) is 84.9 Å². The Morgan fingerprint density at radius 3 is 2.35 bits per heavy atom. The zero-order chi connectivity index (χ0) is 16.7. The lowest BCUT2D eigenvalue weighted by Crippen LogP contribution is -2.15. The van der Waals surface area contributed by atoms with Gasteiger partial charge in [-0.1, -0.05) is 42.5 Å². The summed E-state index contributed by atoms with van der Waals surface area (Å²) < 4.78 is 9.55. The maximum atomic E-state index is 11.7. The second-order valence-electron chi connectivity index (χ2n) is 4.73. The van der Waals surface area contributed by atoms with E-state index in [0.29, 0.717) is 11.3 Å². The van der Waals surface area contributed by atoms with Gasteiger partial charge in [-0.05, 0) is 23.3 Å². The third kappa shape index (κ3) is 4.82. The molecule has 1 unspecified atom stereocenters. The van der Waals surface area contributed by atoms with Gasteiger partial charge in [-0.2, -0.15) is 0 Å². The maximum Gasteiger partial charge on any atom is 0.411 e. The number of nitrogens with one attached hydrogen (secondary N) is 1. The average molecular weight is 315 g/mol. The van der Waals surface area contributed by atoms with Gasteiger partial charge in [0.25, 0.3) is 0 Å². The van der Waals surface area contributed by atoms with E-state index < -0.39 is 18.2 Å². The minimum absolute atomic E-state index is 0.172. The van der Waals surface area contributed by atoms with Crippen LogP contribution in [0.4, 0.5) is 10.5 Å². The van der Waals surface area contributed by atoms with E-state index in [1.54, 1.807) is 12.1 Å². The summed E-state index contributed by atoms with van der Waals surface area (Å²) in [6.45, 7) is 0.172. The summed E-state index contributed by atoms with van der Waals surface area (Å²) in [5.74, 6) is -0.743. The smallest absolute Gasteiger partial charge is 0.411 e. The SMILES string of the molecule is COC(=O)C(O)c1ccc(NC(=O)OCc2ccccc2)cc1. The van der Waals surface area contributed by atoms with Crippen molar-refractivity contribution in [2.24, 2.45) is 0 Å². The van der Waals surface area contributed by atoms with Crippen LogP contribution in [0, 0.1) is 0 Å². The third-order valence-corrected chi connectivity index (χ3v) is 3.11. The summed E-state index contributed by atoms with van der Waals surface area (Å²) >= 11 is 0. The molecule has 0 saturated carbocycles. The van der Waals surface area contributed by atoms with Gasteiger partial charge < -0.3 is 14.6 Å². The molecule has 0 heterocycles. The Bertz CT molecular complexity index is 654. The van der Waals surface area contributed by atoms with Gasteiger partial charge in [0.2, 0.25) is 0 Å². The van der Waals surface area contributed by atoms with Crippen LogP contribution in [0.5, 0.6) is 0 Å². The van der Waals surface area contributed by atoms with Gasteiger partial charge in [-0.25, -0.2) is 9.59 Å². The lowest BCUT2D eigenvalue weighted by atomic mass is 10.1. The van der Waals surface area contributed by atoms with Crippen LogP contribution in [0.25, 0.3) is 0 Å². The van der Waals surface area contributed by atoms with Crippen LogP contribution in [0.3, 0.4) is 0 Å². The van der Waals surface area contributed by atoms with Crippen molar-refractivity contribution in [1.29, 1.82) is 0 Å². The van der Waals surface area contributed by atoms with E-state index >= 15 is 0 Å². The highest BCUT2D eigenvalue weighted by Crippen LogP contribution is 2.17. The minimum Gasteiger partial charge on any atom is -0.467 e. The Kier molecular flexibility index (Phi) is 5.71. The van der Waals surface area contributed by atoms with E-state index in [2.05, 4.69) is 10.1 Å². The van der Waals surface area contributed by atoms with Crippen LogP contribution < -0.4 is 5.32 Å². The van der Waals surface area contributed by atoms with Crippen LogP contribution in [-0.4, -0.2) is 24.3 Å². The third-order valence-electron chi connectivity index (χ3n) is 3.11. The minimum atomic E-state index is -1.35. The monoisotopic (exact) mass is 315 g/mol. The molecule has 6 nitrogen and oxygen atoms in total. The van der Waals surface area contributed by atoms with Crippen molar-refractivity contribution in [2.75, 3.05) is 12.4 Å². The Morgan fingerprint density at radius 2 is 1.74 bits per heavy atom. The number of rotatable bonds is 5. The molecule has 2 N–H and O–H groups in total. The van der Waals surface area contributed by atoms with E-state index in [1.807, 2.05) is 30.3 Å². The zero-order valence-electron chi connectivity index (χ0n) is 12.6.